The van der Waals surface area contributed by atoms with E-state index in [9.17, 15) is 0 Å². The molecule has 0 radical (unpaired) electrons. The number of rotatable bonds is 4. The zero-order valence-electron chi connectivity index (χ0n) is 20.3. The standard InChI is InChI=1S/C34H29NSe/c1-3-11-26(12-4-1)35(27-13-5-2-6-14-27)32-17-9-7-15-28(32)25-20-19-24-21-22-30-29-16-8-10-18-33(29)36-34(30)31(24)23-25/h1-6,8,10-14,16,18-23,28,32H,7,9,15,17H2. The van der Waals surface area contributed by atoms with E-state index >= 15 is 0 Å². The molecule has 2 unspecified atom stereocenters. The van der Waals surface area contributed by atoms with Crippen LogP contribution in [0.2, 0.25) is 0 Å². The zero-order valence-corrected chi connectivity index (χ0v) is 22.0. The molecule has 1 heterocycles. The number of para-hydroxylation sites is 2. The minimum absolute atomic E-state index is 0.371. The SMILES string of the molecule is c1ccc(N(c2ccccc2)C2CCCCC2c2ccc3ccc4c5ccccc5[se]c4c3c2)cc1. The van der Waals surface area contributed by atoms with Gasteiger partial charge < -0.3 is 0 Å². The molecule has 1 aliphatic carbocycles. The van der Waals surface area contributed by atoms with Gasteiger partial charge >= 0.3 is 219 Å². The van der Waals surface area contributed by atoms with Crippen molar-refractivity contribution in [3.63, 3.8) is 0 Å². The van der Waals surface area contributed by atoms with E-state index in [1.807, 2.05) is 0 Å². The van der Waals surface area contributed by atoms with Crippen LogP contribution in [0, 0.1) is 0 Å². The van der Waals surface area contributed by atoms with Gasteiger partial charge in [0.25, 0.3) is 0 Å². The Labute approximate surface area is 218 Å². The van der Waals surface area contributed by atoms with Gasteiger partial charge in [-0.05, 0) is 0 Å². The van der Waals surface area contributed by atoms with Crippen LogP contribution in [-0.4, -0.2) is 20.5 Å². The summed E-state index contributed by atoms with van der Waals surface area (Å²) in [4.78, 5) is 2.61. The summed E-state index contributed by atoms with van der Waals surface area (Å²) in [5, 5.41) is 5.74. The molecule has 1 aliphatic rings. The van der Waals surface area contributed by atoms with Crippen molar-refractivity contribution in [2.45, 2.75) is 37.6 Å². The van der Waals surface area contributed by atoms with Gasteiger partial charge in [-0.25, -0.2) is 0 Å². The first-order chi connectivity index (χ1) is 17.9. The van der Waals surface area contributed by atoms with E-state index in [-0.39, 0.29) is 0 Å². The first-order valence-electron chi connectivity index (χ1n) is 13.1. The van der Waals surface area contributed by atoms with Gasteiger partial charge in [-0.1, -0.05) is 0 Å². The third kappa shape index (κ3) is 3.77. The summed E-state index contributed by atoms with van der Waals surface area (Å²) in [5.74, 6) is 0.510. The third-order valence-electron chi connectivity index (χ3n) is 7.94. The van der Waals surface area contributed by atoms with Gasteiger partial charge in [0.1, 0.15) is 0 Å². The van der Waals surface area contributed by atoms with Crippen molar-refractivity contribution in [1.82, 2.24) is 0 Å². The molecule has 0 spiro atoms. The maximum absolute atomic E-state index is 2.61. The zero-order chi connectivity index (χ0) is 23.9. The number of benzene rings is 5. The van der Waals surface area contributed by atoms with Crippen LogP contribution >= 0.6 is 0 Å². The molecular weight excluding hydrogens is 501 g/mol. The molecule has 2 heteroatoms. The summed E-state index contributed by atoms with van der Waals surface area (Å²) in [5.41, 5.74) is 4.09. The first-order valence-corrected chi connectivity index (χ1v) is 14.8. The fourth-order valence-electron chi connectivity index (χ4n) is 6.27. The minimum atomic E-state index is 0.371. The van der Waals surface area contributed by atoms with Crippen LogP contribution in [0.3, 0.4) is 0 Å². The number of hydrogen-bond donors (Lipinski definition) is 0. The molecule has 0 aliphatic heterocycles. The van der Waals surface area contributed by atoms with E-state index < -0.39 is 0 Å². The summed E-state index contributed by atoms with van der Waals surface area (Å²) >= 11 is 0.371. The molecule has 176 valence electrons. The molecule has 1 aromatic heterocycles. The second kappa shape index (κ2) is 9.28. The van der Waals surface area contributed by atoms with Gasteiger partial charge in [-0.2, -0.15) is 0 Å². The van der Waals surface area contributed by atoms with Crippen LogP contribution < -0.4 is 4.90 Å². The summed E-state index contributed by atoms with van der Waals surface area (Å²) in [6.07, 6.45) is 5.05. The Morgan fingerprint density at radius 1 is 0.583 bits per heavy atom. The van der Waals surface area contributed by atoms with Gasteiger partial charge in [-0.3, -0.25) is 0 Å². The first kappa shape index (κ1) is 21.9. The monoisotopic (exact) mass is 531 g/mol. The topological polar surface area (TPSA) is 3.24 Å². The molecule has 6 aromatic rings. The molecule has 1 fully saturated rings. The van der Waals surface area contributed by atoms with E-state index in [4.69, 9.17) is 0 Å². The van der Waals surface area contributed by atoms with Gasteiger partial charge in [-0.15, -0.1) is 0 Å². The molecule has 1 nitrogen and oxygen atoms in total. The summed E-state index contributed by atoms with van der Waals surface area (Å²) in [6.45, 7) is 0. The molecule has 36 heavy (non-hydrogen) atoms. The number of hydrogen-bond acceptors (Lipinski definition) is 1. The predicted molar refractivity (Wildman–Crippen MR) is 156 cm³/mol. The molecule has 0 N–H and O–H groups in total. The van der Waals surface area contributed by atoms with Crippen molar-refractivity contribution in [2.24, 2.45) is 0 Å². The molecule has 5 aromatic carbocycles. The Morgan fingerprint density at radius 2 is 1.25 bits per heavy atom. The van der Waals surface area contributed by atoms with E-state index in [1.54, 1.807) is 4.26 Å². The van der Waals surface area contributed by atoms with Crippen LogP contribution in [0.4, 0.5) is 11.4 Å². The van der Waals surface area contributed by atoms with Crippen LogP contribution in [0.1, 0.15) is 37.2 Å². The molecule has 1 saturated carbocycles. The summed E-state index contributed by atoms with van der Waals surface area (Å²) < 4.78 is 3.09. The number of anilines is 2. The average molecular weight is 531 g/mol. The van der Waals surface area contributed by atoms with Crippen molar-refractivity contribution < 1.29 is 0 Å². The molecule has 0 saturated heterocycles. The van der Waals surface area contributed by atoms with Gasteiger partial charge in [0.15, 0.2) is 0 Å². The second-order valence-corrected chi connectivity index (χ2v) is 12.2. The fraction of sp³-hybridized carbons (Fsp3) is 0.176. The van der Waals surface area contributed by atoms with Crippen molar-refractivity contribution in [3.8, 4) is 0 Å². The Balaban J connectivity index is 1.38. The van der Waals surface area contributed by atoms with E-state index in [1.165, 1.54) is 68.4 Å². The Kier molecular flexibility index (Phi) is 5.65. The molecule has 7 rings (SSSR count). The normalized spacial score (nSPS) is 18.1. The van der Waals surface area contributed by atoms with Crippen LogP contribution in [0.5, 0.6) is 0 Å². The maximum atomic E-state index is 2.61. The fourth-order valence-corrected chi connectivity index (χ4v) is 8.85. The Bertz CT molecular complexity index is 1610. The van der Waals surface area contributed by atoms with Crippen molar-refractivity contribution >= 4 is 55.9 Å². The third-order valence-corrected chi connectivity index (χ3v) is 10.5. The van der Waals surface area contributed by atoms with Crippen LogP contribution in [0.15, 0.2) is 115 Å². The predicted octanol–water partition coefficient (Wildman–Crippen LogP) is 9.07. The summed E-state index contributed by atoms with van der Waals surface area (Å²) in [6, 6.07) is 43.5. The molecule has 0 bridgehead atoms. The van der Waals surface area contributed by atoms with E-state index in [0.29, 0.717) is 26.5 Å². The Morgan fingerprint density at radius 3 is 2.03 bits per heavy atom. The Hall–Kier alpha value is -3.32. The second-order valence-electron chi connectivity index (χ2n) is 10.0. The van der Waals surface area contributed by atoms with Crippen LogP contribution in [-0.2, 0) is 0 Å². The van der Waals surface area contributed by atoms with Gasteiger partial charge in [0, 0.05) is 0 Å². The van der Waals surface area contributed by atoms with Crippen molar-refractivity contribution in [1.29, 1.82) is 0 Å². The molecule has 0 amide bonds. The van der Waals surface area contributed by atoms with Crippen molar-refractivity contribution in [2.75, 3.05) is 4.90 Å². The number of fused-ring (bicyclic) bond motifs is 5. The van der Waals surface area contributed by atoms with Crippen molar-refractivity contribution in [3.05, 3.63) is 121 Å². The van der Waals surface area contributed by atoms with Gasteiger partial charge in [0.05, 0.1) is 0 Å². The summed E-state index contributed by atoms with van der Waals surface area (Å²) in [7, 11) is 0. The van der Waals surface area contributed by atoms with E-state index in [2.05, 4.69) is 120 Å². The van der Waals surface area contributed by atoms with Crippen LogP contribution in [0.25, 0.3) is 30.1 Å². The average Bonchev–Trinajstić information content (AvgIpc) is 3.34. The number of nitrogens with zero attached hydrogens (tertiary/aromatic N) is 1. The quantitative estimate of drug-likeness (QED) is 0.206. The van der Waals surface area contributed by atoms with E-state index in [0.717, 1.165) is 0 Å². The molecular formula is C34H29NSe. The molecule has 2 atom stereocenters. The van der Waals surface area contributed by atoms with Gasteiger partial charge in [0.2, 0.25) is 0 Å².